The van der Waals surface area contributed by atoms with E-state index in [-0.39, 0.29) is 22.0 Å². The van der Waals surface area contributed by atoms with Gasteiger partial charge in [0.05, 0.1) is 4.90 Å². The molecule has 0 saturated heterocycles. The summed E-state index contributed by atoms with van der Waals surface area (Å²) in [5, 5.41) is 1.18. The molecular formula is C18H24O3S. The van der Waals surface area contributed by atoms with E-state index in [1.165, 1.54) is 11.5 Å². The number of carbonyl (C=O) groups excluding carboxylic acids is 1. The summed E-state index contributed by atoms with van der Waals surface area (Å²) in [5.41, 5.74) is -0.339. The van der Waals surface area contributed by atoms with E-state index in [1.807, 2.05) is 33.8 Å². The van der Waals surface area contributed by atoms with Gasteiger partial charge in [-0.25, -0.2) is 8.42 Å². The Morgan fingerprint density at radius 1 is 1.14 bits per heavy atom. The fourth-order valence-corrected chi connectivity index (χ4v) is 2.75. The Bertz CT molecular complexity index is 647. The number of sulfone groups is 1. The third kappa shape index (κ3) is 5.98. The Morgan fingerprint density at radius 3 is 2.27 bits per heavy atom. The molecule has 0 spiro atoms. The minimum Gasteiger partial charge on any atom is -0.299 e. The summed E-state index contributed by atoms with van der Waals surface area (Å²) in [7, 11) is -3.40. The molecule has 0 aliphatic rings. The van der Waals surface area contributed by atoms with Crippen LogP contribution < -0.4 is 0 Å². The van der Waals surface area contributed by atoms with E-state index in [2.05, 4.69) is 0 Å². The maximum absolute atomic E-state index is 12.0. The summed E-state index contributed by atoms with van der Waals surface area (Å²) in [4.78, 5) is 12.2. The summed E-state index contributed by atoms with van der Waals surface area (Å²) >= 11 is 0. The zero-order chi connectivity index (χ0) is 16.8. The second-order valence-corrected chi connectivity index (χ2v) is 8.26. The van der Waals surface area contributed by atoms with Crippen molar-refractivity contribution < 1.29 is 13.2 Å². The number of benzene rings is 1. The van der Waals surface area contributed by atoms with Gasteiger partial charge in [0.2, 0.25) is 0 Å². The zero-order valence-electron chi connectivity index (χ0n) is 13.6. The van der Waals surface area contributed by atoms with Crippen molar-refractivity contribution in [3.8, 4) is 0 Å². The molecule has 120 valence electrons. The fourth-order valence-electron chi connectivity index (χ4n) is 1.76. The maximum Gasteiger partial charge on any atom is 0.199 e. The van der Waals surface area contributed by atoms with Crippen LogP contribution in [0.3, 0.4) is 0 Å². The van der Waals surface area contributed by atoms with Gasteiger partial charge in [-0.15, -0.1) is 0 Å². The number of rotatable bonds is 6. The van der Waals surface area contributed by atoms with Gasteiger partial charge < -0.3 is 0 Å². The van der Waals surface area contributed by atoms with Crippen molar-refractivity contribution in [1.29, 1.82) is 0 Å². The van der Waals surface area contributed by atoms with Gasteiger partial charge in [-0.3, -0.25) is 4.79 Å². The van der Waals surface area contributed by atoms with Crippen LogP contribution >= 0.6 is 0 Å². The first-order chi connectivity index (χ1) is 10.1. The first kappa shape index (κ1) is 18.4. The molecule has 3 nitrogen and oxygen atoms in total. The molecule has 0 aliphatic carbocycles. The number of allylic oxidation sites excluding steroid dienone is 3. The first-order valence-electron chi connectivity index (χ1n) is 7.31. The van der Waals surface area contributed by atoms with Crippen LogP contribution in [0.2, 0.25) is 0 Å². The van der Waals surface area contributed by atoms with Crippen molar-refractivity contribution in [2.75, 3.05) is 0 Å². The van der Waals surface area contributed by atoms with E-state index in [4.69, 9.17) is 0 Å². The van der Waals surface area contributed by atoms with Gasteiger partial charge in [0.25, 0.3) is 0 Å². The molecule has 0 saturated carbocycles. The largest absolute Gasteiger partial charge is 0.299 e. The molecule has 1 atom stereocenters. The molecule has 0 radical (unpaired) electrons. The Balaban J connectivity index is 2.64. The maximum atomic E-state index is 12.0. The van der Waals surface area contributed by atoms with Crippen LogP contribution in [0.5, 0.6) is 0 Å². The fraction of sp³-hybridized carbons (Fsp3) is 0.389. The minimum atomic E-state index is -3.40. The van der Waals surface area contributed by atoms with Crippen LogP contribution in [0.25, 0.3) is 0 Å². The highest BCUT2D eigenvalue weighted by molar-refractivity contribution is 7.94. The lowest BCUT2D eigenvalue weighted by molar-refractivity contribution is -0.126. The monoisotopic (exact) mass is 320 g/mol. The molecule has 22 heavy (non-hydrogen) atoms. The van der Waals surface area contributed by atoms with Gasteiger partial charge in [-0.05, 0) is 18.1 Å². The molecule has 0 heterocycles. The van der Waals surface area contributed by atoms with Crippen molar-refractivity contribution in [3.05, 3.63) is 54.0 Å². The lowest BCUT2D eigenvalue weighted by Crippen LogP contribution is -2.21. The van der Waals surface area contributed by atoms with E-state index in [0.29, 0.717) is 6.42 Å². The van der Waals surface area contributed by atoms with E-state index in [9.17, 15) is 13.2 Å². The third-order valence-corrected chi connectivity index (χ3v) is 4.67. The Hall–Kier alpha value is -1.68. The summed E-state index contributed by atoms with van der Waals surface area (Å²) in [6.45, 7) is 7.65. The molecule has 1 aromatic rings. The smallest absolute Gasteiger partial charge is 0.199 e. The van der Waals surface area contributed by atoms with Crippen LogP contribution in [0, 0.1) is 11.3 Å². The van der Waals surface area contributed by atoms with E-state index >= 15 is 0 Å². The van der Waals surface area contributed by atoms with Crippen molar-refractivity contribution in [2.45, 2.75) is 39.0 Å². The lowest BCUT2D eigenvalue weighted by Gasteiger charge is -2.17. The van der Waals surface area contributed by atoms with Crippen LogP contribution in [0.4, 0.5) is 0 Å². The predicted octanol–water partition coefficient (Wildman–Crippen LogP) is 4.17. The van der Waals surface area contributed by atoms with Crippen molar-refractivity contribution in [3.63, 3.8) is 0 Å². The first-order valence-corrected chi connectivity index (χ1v) is 8.86. The molecular weight excluding hydrogens is 296 g/mol. The number of ketones is 1. The van der Waals surface area contributed by atoms with E-state index in [1.54, 1.807) is 36.4 Å². The Labute approximate surface area is 133 Å². The Morgan fingerprint density at radius 2 is 1.73 bits per heavy atom. The molecule has 0 N–H and O–H groups in total. The summed E-state index contributed by atoms with van der Waals surface area (Å²) in [5.74, 6) is 0.279. The Kier molecular flexibility index (Phi) is 6.30. The topological polar surface area (TPSA) is 51.2 Å². The number of carbonyl (C=O) groups is 1. The molecule has 0 aromatic heterocycles. The average molecular weight is 320 g/mol. The molecule has 1 aromatic carbocycles. The molecule has 0 bridgehead atoms. The molecule has 4 heteroatoms. The van der Waals surface area contributed by atoms with Crippen molar-refractivity contribution in [1.82, 2.24) is 0 Å². The molecule has 0 aliphatic heterocycles. The highest BCUT2D eigenvalue weighted by Crippen LogP contribution is 2.20. The van der Waals surface area contributed by atoms with Crippen LogP contribution in [0.1, 0.15) is 34.1 Å². The van der Waals surface area contributed by atoms with Gasteiger partial charge >= 0.3 is 0 Å². The van der Waals surface area contributed by atoms with Crippen molar-refractivity contribution in [2.24, 2.45) is 11.3 Å². The van der Waals surface area contributed by atoms with Gasteiger partial charge in [-0.1, -0.05) is 64.1 Å². The highest BCUT2D eigenvalue weighted by atomic mass is 32.2. The van der Waals surface area contributed by atoms with Crippen LogP contribution in [-0.4, -0.2) is 14.2 Å². The normalized spacial score (nSPS) is 14.5. The standard InChI is InChI=1S/C18H24O3S/c1-15(14-17(19)18(2,3)4)10-8-9-13-22(20,21)16-11-6-5-7-12-16/h5-13,15H,14H2,1-4H3/b10-8+,13-9+/t15-/m1/s1. The lowest BCUT2D eigenvalue weighted by atomic mass is 9.85. The van der Waals surface area contributed by atoms with Crippen LogP contribution in [0.15, 0.2) is 58.9 Å². The van der Waals surface area contributed by atoms with E-state index in [0.717, 1.165) is 0 Å². The summed E-state index contributed by atoms with van der Waals surface area (Å²) in [6.07, 6.45) is 5.49. The zero-order valence-corrected chi connectivity index (χ0v) is 14.4. The molecule has 0 unspecified atom stereocenters. The molecule has 0 amide bonds. The van der Waals surface area contributed by atoms with Crippen molar-refractivity contribution >= 4 is 15.6 Å². The second-order valence-electron chi connectivity index (χ2n) is 6.43. The van der Waals surface area contributed by atoms with Crippen LogP contribution in [-0.2, 0) is 14.6 Å². The third-order valence-electron chi connectivity index (χ3n) is 3.22. The number of hydrogen-bond acceptors (Lipinski definition) is 3. The van der Waals surface area contributed by atoms with Gasteiger partial charge in [0, 0.05) is 17.2 Å². The van der Waals surface area contributed by atoms with Gasteiger partial charge in [0.1, 0.15) is 5.78 Å². The minimum absolute atomic E-state index is 0.0794. The number of hydrogen-bond donors (Lipinski definition) is 0. The predicted molar refractivity (Wildman–Crippen MR) is 90.2 cm³/mol. The second kappa shape index (κ2) is 7.54. The SMILES string of the molecule is C[C@H](/C=C/C=C/S(=O)(=O)c1ccccc1)CC(=O)C(C)(C)C. The molecule has 0 fully saturated rings. The average Bonchev–Trinajstić information content (AvgIpc) is 2.43. The van der Waals surface area contributed by atoms with Gasteiger partial charge in [-0.2, -0.15) is 0 Å². The quantitative estimate of drug-likeness (QED) is 0.739. The highest BCUT2D eigenvalue weighted by Gasteiger charge is 2.21. The summed E-state index contributed by atoms with van der Waals surface area (Å²) in [6, 6.07) is 8.28. The molecule has 1 rings (SSSR count). The van der Waals surface area contributed by atoms with Gasteiger partial charge in [0.15, 0.2) is 9.84 Å². The summed E-state index contributed by atoms with van der Waals surface area (Å²) < 4.78 is 24.0. The number of Topliss-reactive ketones (excluding diaryl/α,β-unsaturated/α-hetero) is 1. The van der Waals surface area contributed by atoms with E-state index < -0.39 is 9.84 Å².